The molecule has 5 aromatic rings. The fourth-order valence-corrected chi connectivity index (χ4v) is 5.01. The number of rotatable bonds is 4. The van der Waals surface area contributed by atoms with Crippen LogP contribution in [0.2, 0.25) is 0 Å². The highest BCUT2D eigenvalue weighted by Crippen LogP contribution is 2.40. The number of hydrogen-bond acceptors (Lipinski definition) is 2. The molecule has 2 heterocycles. The molecule has 0 spiro atoms. The van der Waals surface area contributed by atoms with Crippen molar-refractivity contribution in [2.24, 2.45) is 5.92 Å². The van der Waals surface area contributed by atoms with Crippen molar-refractivity contribution in [1.29, 1.82) is 0 Å². The first-order valence-corrected chi connectivity index (χ1v) is 11.3. The van der Waals surface area contributed by atoms with E-state index in [1.54, 1.807) is 18.3 Å². The Balaban J connectivity index is 1.49. The Morgan fingerprint density at radius 3 is 2.62 bits per heavy atom. The number of furan rings is 1. The zero-order valence-corrected chi connectivity index (χ0v) is 17.8. The molecule has 0 radical (unpaired) electrons. The highest BCUT2D eigenvalue weighted by Gasteiger charge is 2.23. The van der Waals surface area contributed by atoms with Gasteiger partial charge in [0.1, 0.15) is 11.2 Å². The second-order valence-corrected chi connectivity index (χ2v) is 8.69. The molecule has 2 nitrogen and oxygen atoms in total. The second-order valence-electron chi connectivity index (χ2n) is 8.69. The van der Waals surface area contributed by atoms with Crippen LogP contribution in [0.1, 0.15) is 49.5 Å². The van der Waals surface area contributed by atoms with Gasteiger partial charge in [0.2, 0.25) is 0 Å². The molecule has 1 aliphatic rings. The lowest BCUT2D eigenvalue weighted by Gasteiger charge is -2.19. The molecule has 158 valence electrons. The number of benzene rings is 3. The first-order valence-electron chi connectivity index (χ1n) is 13.3. The molecule has 6 rings (SSSR count). The fourth-order valence-electron chi connectivity index (χ4n) is 5.01. The molecule has 3 aromatic carbocycles. The van der Waals surface area contributed by atoms with Crippen molar-refractivity contribution >= 4 is 21.9 Å². The van der Waals surface area contributed by atoms with Gasteiger partial charge >= 0.3 is 0 Å². The molecule has 1 unspecified atom stereocenters. The average molecular weight is 422 g/mol. The summed E-state index contributed by atoms with van der Waals surface area (Å²) in [5.74, 6) is -1.85. The van der Waals surface area contributed by atoms with E-state index in [1.165, 1.54) is 0 Å². The first kappa shape index (κ1) is 15.4. The minimum Gasteiger partial charge on any atom is -0.455 e. The number of fused-ring (bicyclic) bond motifs is 3. The Labute approximate surface area is 194 Å². The highest BCUT2D eigenvalue weighted by atomic mass is 16.3. The number of para-hydroxylation sites is 1. The van der Waals surface area contributed by atoms with Gasteiger partial charge < -0.3 is 4.42 Å². The lowest BCUT2D eigenvalue weighted by atomic mass is 9.86. The molecule has 2 aromatic heterocycles. The summed E-state index contributed by atoms with van der Waals surface area (Å²) >= 11 is 0. The topological polar surface area (TPSA) is 26.0 Å². The van der Waals surface area contributed by atoms with Gasteiger partial charge in [0.05, 0.1) is 5.69 Å². The molecule has 2 heteroatoms. The van der Waals surface area contributed by atoms with Gasteiger partial charge in [-0.05, 0) is 71.7 Å². The van der Waals surface area contributed by atoms with Crippen LogP contribution >= 0.6 is 0 Å². The third-order valence-corrected chi connectivity index (χ3v) is 6.72. The molecule has 0 N–H and O–H groups in total. The lowest BCUT2D eigenvalue weighted by molar-refractivity contribution is 0.461. The SMILES string of the molecule is [2H]C([2H])([2H])C([2H])(c1ccnc(-c2cccc3c2oc2cc(-c4ccccc4)ccc23)c1)C1CCCC1. The van der Waals surface area contributed by atoms with Crippen molar-refractivity contribution in [3.63, 3.8) is 0 Å². The summed E-state index contributed by atoms with van der Waals surface area (Å²) in [4.78, 5) is 4.59. The summed E-state index contributed by atoms with van der Waals surface area (Å²) in [7, 11) is 0. The normalized spacial score (nSPS) is 18.8. The van der Waals surface area contributed by atoms with Gasteiger partial charge in [-0.2, -0.15) is 0 Å². The number of nitrogens with zero attached hydrogens (tertiary/aromatic N) is 1. The van der Waals surface area contributed by atoms with Crippen molar-refractivity contribution in [3.05, 3.63) is 90.6 Å². The highest BCUT2D eigenvalue weighted by molar-refractivity contribution is 6.10. The smallest absolute Gasteiger partial charge is 0.144 e. The monoisotopic (exact) mass is 421 g/mol. The number of pyridine rings is 1. The van der Waals surface area contributed by atoms with E-state index in [2.05, 4.69) is 35.3 Å². The standard InChI is InChI=1S/C30H27NO/c1-20(21-8-5-6-9-21)23-16-17-31-28(18-23)27-13-7-12-26-25-15-14-24(19-29(25)32-30(26)27)22-10-3-2-4-11-22/h2-4,7,10-21H,5-6,8-9H2,1H3/i1D3,20D. The lowest BCUT2D eigenvalue weighted by Crippen LogP contribution is -2.06. The fraction of sp³-hybridized carbons (Fsp3) is 0.233. The van der Waals surface area contributed by atoms with Crippen molar-refractivity contribution in [2.75, 3.05) is 0 Å². The van der Waals surface area contributed by atoms with Crippen LogP contribution in [0.5, 0.6) is 0 Å². The van der Waals surface area contributed by atoms with Crippen LogP contribution in [0.25, 0.3) is 44.3 Å². The number of aromatic nitrogens is 1. The molecule has 0 saturated heterocycles. The predicted molar refractivity (Wildman–Crippen MR) is 133 cm³/mol. The van der Waals surface area contributed by atoms with E-state index in [0.29, 0.717) is 16.8 Å². The minimum atomic E-state index is -2.43. The Kier molecular flexibility index (Phi) is 3.83. The Hall–Kier alpha value is -3.39. The van der Waals surface area contributed by atoms with Crippen molar-refractivity contribution < 1.29 is 9.90 Å². The van der Waals surface area contributed by atoms with E-state index in [-0.39, 0.29) is 5.92 Å². The van der Waals surface area contributed by atoms with Crippen LogP contribution in [-0.4, -0.2) is 4.98 Å². The maximum atomic E-state index is 9.21. The van der Waals surface area contributed by atoms with Gasteiger partial charge in [0, 0.05) is 28.0 Å². The van der Waals surface area contributed by atoms with Crippen LogP contribution in [0.4, 0.5) is 0 Å². The van der Waals surface area contributed by atoms with E-state index in [9.17, 15) is 1.37 Å². The Morgan fingerprint density at radius 2 is 1.78 bits per heavy atom. The van der Waals surface area contributed by atoms with E-state index >= 15 is 0 Å². The summed E-state index contributed by atoms with van der Waals surface area (Å²) in [5, 5.41) is 2.00. The first-order chi connectivity index (χ1) is 17.4. The third-order valence-electron chi connectivity index (χ3n) is 6.72. The molecule has 0 amide bonds. The molecule has 0 bridgehead atoms. The van der Waals surface area contributed by atoms with Crippen LogP contribution in [-0.2, 0) is 0 Å². The molecule has 32 heavy (non-hydrogen) atoms. The second kappa shape index (κ2) is 7.94. The summed E-state index contributed by atoms with van der Waals surface area (Å²) in [6.45, 7) is -2.43. The van der Waals surface area contributed by atoms with Gasteiger partial charge in [-0.1, -0.05) is 68.2 Å². The molecule has 1 atom stereocenters. The van der Waals surface area contributed by atoms with Crippen LogP contribution < -0.4 is 0 Å². The van der Waals surface area contributed by atoms with Gasteiger partial charge in [0.25, 0.3) is 0 Å². The third kappa shape index (κ3) is 3.31. The largest absolute Gasteiger partial charge is 0.455 e. The maximum absolute atomic E-state index is 9.21. The zero-order chi connectivity index (χ0) is 24.9. The van der Waals surface area contributed by atoms with Gasteiger partial charge in [-0.3, -0.25) is 4.98 Å². The Bertz CT molecular complexity index is 1550. The molecule has 1 saturated carbocycles. The summed E-state index contributed by atoms with van der Waals surface area (Å²) in [5.41, 5.74) is 5.63. The predicted octanol–water partition coefficient (Wildman–Crippen LogP) is 8.61. The molecule has 1 aliphatic carbocycles. The van der Waals surface area contributed by atoms with E-state index in [4.69, 9.17) is 8.53 Å². The summed E-state index contributed by atoms with van der Waals surface area (Å²) in [6.07, 6.45) is 5.11. The molecular weight excluding hydrogens is 390 g/mol. The van der Waals surface area contributed by atoms with Gasteiger partial charge in [-0.15, -0.1) is 0 Å². The van der Waals surface area contributed by atoms with Crippen molar-refractivity contribution in [2.45, 2.75) is 38.4 Å². The van der Waals surface area contributed by atoms with Gasteiger partial charge in [0.15, 0.2) is 0 Å². The Morgan fingerprint density at radius 1 is 0.906 bits per heavy atom. The quantitative estimate of drug-likeness (QED) is 0.290. The zero-order valence-electron chi connectivity index (χ0n) is 21.8. The maximum Gasteiger partial charge on any atom is 0.144 e. The van der Waals surface area contributed by atoms with E-state index in [0.717, 1.165) is 58.7 Å². The molecule has 0 aliphatic heterocycles. The minimum absolute atomic E-state index is 0.196. The van der Waals surface area contributed by atoms with Crippen LogP contribution in [0.15, 0.2) is 89.5 Å². The van der Waals surface area contributed by atoms with E-state index in [1.807, 2.05) is 36.4 Å². The van der Waals surface area contributed by atoms with Crippen LogP contribution in [0.3, 0.4) is 0 Å². The average Bonchev–Trinajstić information content (AvgIpc) is 3.56. The molecular formula is C30H27NO. The molecule has 1 fully saturated rings. The summed E-state index contributed by atoms with van der Waals surface area (Å²) in [6, 6.07) is 25.9. The van der Waals surface area contributed by atoms with E-state index < -0.39 is 12.7 Å². The number of hydrogen-bond donors (Lipinski definition) is 0. The summed E-state index contributed by atoms with van der Waals surface area (Å²) < 4.78 is 40.4. The van der Waals surface area contributed by atoms with Crippen LogP contribution in [0, 0.1) is 5.92 Å². The van der Waals surface area contributed by atoms with Gasteiger partial charge in [-0.25, -0.2) is 0 Å². The van der Waals surface area contributed by atoms with Crippen molar-refractivity contribution in [3.8, 4) is 22.4 Å². The van der Waals surface area contributed by atoms with Crippen molar-refractivity contribution in [1.82, 2.24) is 4.98 Å².